The first-order chi connectivity index (χ1) is 12.5. The third-order valence-electron chi connectivity index (χ3n) is 4.20. The lowest BCUT2D eigenvalue weighted by atomic mass is 10.1. The number of anilines is 1. The Bertz CT molecular complexity index is 1020. The molecule has 0 atom stereocenters. The maximum absolute atomic E-state index is 13.8. The van der Waals surface area contributed by atoms with Crippen LogP contribution in [0.15, 0.2) is 65.6 Å². The summed E-state index contributed by atoms with van der Waals surface area (Å²) in [5.41, 5.74) is 2.53. The fourth-order valence-electron chi connectivity index (χ4n) is 2.70. The molecule has 0 fully saturated rings. The van der Waals surface area contributed by atoms with Gasteiger partial charge in [-0.25, -0.2) is 4.39 Å². The molecule has 3 aromatic rings. The molecule has 26 heavy (non-hydrogen) atoms. The Kier molecular flexibility index (Phi) is 4.98. The van der Waals surface area contributed by atoms with Gasteiger partial charge in [0.2, 0.25) is 0 Å². The number of nitrogens with zero attached hydrogens (tertiary/aromatic N) is 1. The number of hydrogen-bond acceptors (Lipinski definition) is 2. The molecule has 2 aromatic carbocycles. The van der Waals surface area contributed by atoms with Crippen molar-refractivity contribution < 1.29 is 9.18 Å². The zero-order valence-electron chi connectivity index (χ0n) is 14.6. The van der Waals surface area contributed by atoms with Crippen molar-refractivity contribution in [2.45, 2.75) is 20.4 Å². The molecule has 0 spiro atoms. The largest absolute Gasteiger partial charge is 0.322 e. The van der Waals surface area contributed by atoms with Crippen LogP contribution in [0.3, 0.4) is 0 Å². The summed E-state index contributed by atoms with van der Waals surface area (Å²) in [7, 11) is 0. The molecule has 132 valence electrons. The van der Waals surface area contributed by atoms with Crippen LogP contribution in [0.4, 0.5) is 10.1 Å². The monoisotopic (exact) mass is 350 g/mol. The highest BCUT2D eigenvalue weighted by Crippen LogP contribution is 2.17. The molecule has 0 saturated carbocycles. The van der Waals surface area contributed by atoms with Gasteiger partial charge < -0.3 is 9.88 Å². The van der Waals surface area contributed by atoms with Gasteiger partial charge >= 0.3 is 0 Å². The number of aromatic nitrogens is 1. The zero-order valence-corrected chi connectivity index (χ0v) is 14.6. The minimum atomic E-state index is -0.480. The van der Waals surface area contributed by atoms with E-state index in [9.17, 15) is 14.0 Å². The number of benzene rings is 2. The summed E-state index contributed by atoms with van der Waals surface area (Å²) in [6.07, 6.45) is 1.55. The second-order valence-electron chi connectivity index (χ2n) is 6.22. The van der Waals surface area contributed by atoms with Crippen molar-refractivity contribution in [3.8, 4) is 0 Å². The van der Waals surface area contributed by atoms with E-state index in [-0.39, 0.29) is 17.9 Å². The van der Waals surface area contributed by atoms with Gasteiger partial charge in [-0.15, -0.1) is 0 Å². The van der Waals surface area contributed by atoms with Gasteiger partial charge in [-0.05, 0) is 49.2 Å². The summed E-state index contributed by atoms with van der Waals surface area (Å²) >= 11 is 0. The summed E-state index contributed by atoms with van der Waals surface area (Å²) in [5.74, 6) is -0.865. The minimum Gasteiger partial charge on any atom is -0.322 e. The van der Waals surface area contributed by atoms with Crippen LogP contribution in [0.5, 0.6) is 0 Å². The summed E-state index contributed by atoms with van der Waals surface area (Å²) in [6.45, 7) is 3.88. The first-order valence-electron chi connectivity index (χ1n) is 8.27. The molecular formula is C21H19FN2O2. The van der Waals surface area contributed by atoms with Crippen molar-refractivity contribution in [2.75, 3.05) is 5.32 Å². The maximum atomic E-state index is 13.8. The van der Waals surface area contributed by atoms with Gasteiger partial charge in [-0.3, -0.25) is 9.59 Å². The highest BCUT2D eigenvalue weighted by Gasteiger charge is 2.14. The fraction of sp³-hybridized carbons (Fsp3) is 0.143. The Balaban J connectivity index is 1.89. The zero-order chi connectivity index (χ0) is 18.7. The lowest BCUT2D eigenvalue weighted by Gasteiger charge is -2.11. The molecule has 5 heteroatoms. The van der Waals surface area contributed by atoms with E-state index in [1.54, 1.807) is 30.5 Å². The minimum absolute atomic E-state index is 0.0183. The molecule has 0 aliphatic rings. The Morgan fingerprint density at radius 1 is 1.08 bits per heavy atom. The molecule has 1 heterocycles. The van der Waals surface area contributed by atoms with Crippen LogP contribution < -0.4 is 10.9 Å². The molecule has 1 aromatic heterocycles. The van der Waals surface area contributed by atoms with Crippen molar-refractivity contribution in [1.82, 2.24) is 4.57 Å². The van der Waals surface area contributed by atoms with Crippen LogP contribution in [0, 0.1) is 19.7 Å². The van der Waals surface area contributed by atoms with Crippen molar-refractivity contribution >= 4 is 11.6 Å². The second kappa shape index (κ2) is 7.35. The smallest absolute Gasteiger partial charge is 0.263 e. The number of rotatable bonds is 4. The van der Waals surface area contributed by atoms with Crippen molar-refractivity contribution in [3.05, 3.63) is 99.2 Å². The highest BCUT2D eigenvalue weighted by molar-refractivity contribution is 6.04. The number of nitrogens with one attached hydrogen (secondary N) is 1. The molecule has 3 rings (SSSR count). The number of carbonyl (C=O) groups excluding carboxylic acids is 1. The van der Waals surface area contributed by atoms with Gasteiger partial charge in [-0.1, -0.05) is 30.3 Å². The van der Waals surface area contributed by atoms with E-state index in [2.05, 4.69) is 5.32 Å². The number of pyridine rings is 1. The van der Waals surface area contributed by atoms with E-state index >= 15 is 0 Å². The summed E-state index contributed by atoms with van der Waals surface area (Å²) in [4.78, 5) is 25.2. The third kappa shape index (κ3) is 3.72. The quantitative estimate of drug-likeness (QED) is 0.776. The standard InChI is InChI=1S/C21H19FN2O2/c1-14-9-10-15(2)19(12-14)23-20(25)17-7-5-11-24(21(17)26)13-16-6-3-4-8-18(16)22/h3-12H,13H2,1-2H3,(H,23,25). The van der Waals surface area contributed by atoms with E-state index in [0.29, 0.717) is 11.3 Å². The maximum Gasteiger partial charge on any atom is 0.263 e. The fourth-order valence-corrected chi connectivity index (χ4v) is 2.70. The van der Waals surface area contributed by atoms with Crippen LogP contribution >= 0.6 is 0 Å². The van der Waals surface area contributed by atoms with Gasteiger partial charge in [0.05, 0.1) is 6.54 Å². The third-order valence-corrected chi connectivity index (χ3v) is 4.20. The highest BCUT2D eigenvalue weighted by atomic mass is 19.1. The van der Waals surface area contributed by atoms with Gasteiger partial charge in [0.15, 0.2) is 0 Å². The number of amides is 1. The van der Waals surface area contributed by atoms with Crippen LogP contribution in [-0.4, -0.2) is 10.5 Å². The Labute approximate surface area is 150 Å². The van der Waals surface area contributed by atoms with E-state index < -0.39 is 11.5 Å². The van der Waals surface area contributed by atoms with E-state index in [1.807, 2.05) is 32.0 Å². The lowest BCUT2D eigenvalue weighted by Crippen LogP contribution is -2.29. The first-order valence-corrected chi connectivity index (χ1v) is 8.27. The predicted molar refractivity (Wildman–Crippen MR) is 100 cm³/mol. The van der Waals surface area contributed by atoms with Crippen LogP contribution in [0.2, 0.25) is 0 Å². The average Bonchev–Trinajstić information content (AvgIpc) is 2.61. The molecule has 0 aliphatic carbocycles. The summed E-state index contributed by atoms with van der Waals surface area (Å²) < 4.78 is 15.2. The number of hydrogen-bond donors (Lipinski definition) is 1. The van der Waals surface area contributed by atoms with E-state index in [0.717, 1.165) is 11.1 Å². The number of halogens is 1. The number of aryl methyl sites for hydroxylation is 2. The van der Waals surface area contributed by atoms with Crippen molar-refractivity contribution in [2.24, 2.45) is 0 Å². The molecular weight excluding hydrogens is 331 g/mol. The molecule has 1 N–H and O–H groups in total. The summed E-state index contributed by atoms with van der Waals surface area (Å²) in [6, 6.07) is 15.1. The molecule has 0 radical (unpaired) electrons. The topological polar surface area (TPSA) is 51.1 Å². The summed E-state index contributed by atoms with van der Waals surface area (Å²) in [5, 5.41) is 2.78. The number of carbonyl (C=O) groups is 1. The Morgan fingerprint density at radius 2 is 1.85 bits per heavy atom. The van der Waals surface area contributed by atoms with Gasteiger partial charge in [0, 0.05) is 17.4 Å². The van der Waals surface area contributed by atoms with Crippen molar-refractivity contribution in [3.63, 3.8) is 0 Å². The lowest BCUT2D eigenvalue weighted by molar-refractivity contribution is 0.102. The molecule has 1 amide bonds. The molecule has 0 aliphatic heterocycles. The van der Waals surface area contributed by atoms with Crippen LogP contribution in [-0.2, 0) is 6.54 Å². The molecule has 4 nitrogen and oxygen atoms in total. The second-order valence-corrected chi connectivity index (χ2v) is 6.22. The predicted octanol–water partition coefficient (Wildman–Crippen LogP) is 3.90. The molecule has 0 unspecified atom stereocenters. The first kappa shape index (κ1) is 17.6. The normalized spacial score (nSPS) is 10.6. The van der Waals surface area contributed by atoms with Gasteiger partial charge in [-0.2, -0.15) is 0 Å². The van der Waals surface area contributed by atoms with Gasteiger partial charge in [0.25, 0.3) is 11.5 Å². The van der Waals surface area contributed by atoms with E-state index in [4.69, 9.17) is 0 Å². The molecule has 0 saturated heterocycles. The molecule has 0 bridgehead atoms. The van der Waals surface area contributed by atoms with Crippen molar-refractivity contribution in [1.29, 1.82) is 0 Å². The van der Waals surface area contributed by atoms with E-state index in [1.165, 1.54) is 16.7 Å². The van der Waals surface area contributed by atoms with Gasteiger partial charge in [0.1, 0.15) is 11.4 Å². The van der Waals surface area contributed by atoms with Crippen LogP contribution in [0.25, 0.3) is 0 Å². The average molecular weight is 350 g/mol. The van der Waals surface area contributed by atoms with Crippen LogP contribution in [0.1, 0.15) is 27.0 Å². The Morgan fingerprint density at radius 3 is 2.62 bits per heavy atom. The Hall–Kier alpha value is -3.21. The SMILES string of the molecule is Cc1ccc(C)c(NC(=O)c2cccn(Cc3ccccc3F)c2=O)c1.